The van der Waals surface area contributed by atoms with Gasteiger partial charge in [0.25, 0.3) is 0 Å². The molecule has 1 amide bonds. The van der Waals surface area contributed by atoms with Crippen LogP contribution in [-0.2, 0) is 11.2 Å². The number of carbonyl (C=O) groups is 1. The van der Waals surface area contributed by atoms with Crippen molar-refractivity contribution in [2.75, 3.05) is 13.1 Å². The van der Waals surface area contributed by atoms with Gasteiger partial charge in [0.2, 0.25) is 5.91 Å². The monoisotopic (exact) mass is 304 g/mol. The van der Waals surface area contributed by atoms with Crippen LogP contribution in [0.25, 0.3) is 0 Å². The van der Waals surface area contributed by atoms with Crippen LogP contribution in [0.3, 0.4) is 0 Å². The molecule has 1 unspecified atom stereocenters. The summed E-state index contributed by atoms with van der Waals surface area (Å²) >= 11 is 0. The zero-order valence-corrected chi connectivity index (χ0v) is 11.9. The molecule has 1 aromatic rings. The highest BCUT2D eigenvalue weighted by Crippen LogP contribution is 2.09. The van der Waals surface area contributed by atoms with Gasteiger partial charge in [0, 0.05) is 25.1 Å². The Labute approximate surface area is 123 Å². The van der Waals surface area contributed by atoms with Gasteiger partial charge in [-0.1, -0.05) is 0 Å². The predicted molar refractivity (Wildman–Crippen MR) is 76.0 cm³/mol. The van der Waals surface area contributed by atoms with E-state index in [4.69, 9.17) is 0 Å². The third kappa shape index (κ3) is 5.43. The van der Waals surface area contributed by atoms with Crippen molar-refractivity contribution in [1.82, 2.24) is 10.6 Å². The van der Waals surface area contributed by atoms with Gasteiger partial charge in [-0.05, 0) is 43.5 Å². The summed E-state index contributed by atoms with van der Waals surface area (Å²) in [5.41, 5.74) is 0.553. The zero-order chi connectivity index (χ0) is 13.7. The third-order valence-corrected chi connectivity index (χ3v) is 3.25. The Kier molecular flexibility index (Phi) is 6.88. The van der Waals surface area contributed by atoms with Gasteiger partial charge in [0.05, 0.1) is 0 Å². The SMILES string of the molecule is Cl.O=C(CC1CCCN1)NCCc1cc(F)cc(F)c1. The molecule has 1 atom stereocenters. The first-order chi connectivity index (χ1) is 9.13. The summed E-state index contributed by atoms with van der Waals surface area (Å²) in [4.78, 5) is 11.6. The predicted octanol–water partition coefficient (Wildman–Crippen LogP) is 2.19. The highest BCUT2D eigenvalue weighted by atomic mass is 35.5. The van der Waals surface area contributed by atoms with Crippen molar-refractivity contribution < 1.29 is 13.6 Å². The molecule has 2 rings (SSSR count). The van der Waals surface area contributed by atoms with E-state index in [1.54, 1.807) is 0 Å². The molecule has 1 fully saturated rings. The van der Waals surface area contributed by atoms with Gasteiger partial charge in [0.1, 0.15) is 11.6 Å². The van der Waals surface area contributed by atoms with E-state index in [9.17, 15) is 13.6 Å². The molecule has 1 saturated heterocycles. The summed E-state index contributed by atoms with van der Waals surface area (Å²) in [7, 11) is 0. The maximum absolute atomic E-state index is 12.9. The first-order valence-corrected chi connectivity index (χ1v) is 6.58. The van der Waals surface area contributed by atoms with Crippen molar-refractivity contribution in [3.63, 3.8) is 0 Å². The molecule has 112 valence electrons. The molecule has 3 nitrogen and oxygen atoms in total. The first-order valence-electron chi connectivity index (χ1n) is 6.58. The van der Waals surface area contributed by atoms with Crippen molar-refractivity contribution in [2.45, 2.75) is 31.7 Å². The molecule has 6 heteroatoms. The Balaban J connectivity index is 0.00000200. The molecule has 0 radical (unpaired) electrons. The molecule has 1 aromatic carbocycles. The fourth-order valence-corrected chi connectivity index (χ4v) is 2.33. The number of carbonyl (C=O) groups excluding carboxylic acids is 1. The summed E-state index contributed by atoms with van der Waals surface area (Å²) in [5.74, 6) is -1.19. The molecule has 2 N–H and O–H groups in total. The van der Waals surface area contributed by atoms with Gasteiger partial charge in [0.15, 0.2) is 0 Å². The van der Waals surface area contributed by atoms with E-state index >= 15 is 0 Å². The lowest BCUT2D eigenvalue weighted by Crippen LogP contribution is -2.32. The van der Waals surface area contributed by atoms with Gasteiger partial charge in [-0.15, -0.1) is 12.4 Å². The number of amides is 1. The lowest BCUT2D eigenvalue weighted by molar-refractivity contribution is -0.121. The molecular formula is C14H19ClF2N2O. The molecule has 1 aliphatic heterocycles. The summed E-state index contributed by atoms with van der Waals surface area (Å²) in [6.07, 6.45) is 3.04. The maximum Gasteiger partial charge on any atom is 0.221 e. The van der Waals surface area contributed by atoms with Crippen molar-refractivity contribution in [1.29, 1.82) is 0 Å². The Bertz CT molecular complexity index is 431. The highest BCUT2D eigenvalue weighted by Gasteiger charge is 2.17. The van der Waals surface area contributed by atoms with Gasteiger partial charge in [-0.2, -0.15) is 0 Å². The zero-order valence-electron chi connectivity index (χ0n) is 11.1. The lowest BCUT2D eigenvalue weighted by Gasteiger charge is -2.10. The van der Waals surface area contributed by atoms with Gasteiger partial charge >= 0.3 is 0 Å². The van der Waals surface area contributed by atoms with E-state index in [1.807, 2.05) is 0 Å². The Morgan fingerprint density at radius 3 is 2.60 bits per heavy atom. The van der Waals surface area contributed by atoms with Crippen molar-refractivity contribution in [3.05, 3.63) is 35.4 Å². The average Bonchev–Trinajstić information content (AvgIpc) is 2.80. The van der Waals surface area contributed by atoms with Crippen LogP contribution in [0.15, 0.2) is 18.2 Å². The van der Waals surface area contributed by atoms with Crippen LogP contribution < -0.4 is 10.6 Å². The number of benzene rings is 1. The topological polar surface area (TPSA) is 41.1 Å². The fourth-order valence-electron chi connectivity index (χ4n) is 2.33. The molecule has 0 spiro atoms. The molecule has 0 saturated carbocycles. The van der Waals surface area contributed by atoms with E-state index in [2.05, 4.69) is 10.6 Å². The summed E-state index contributed by atoms with van der Waals surface area (Å²) in [6.45, 7) is 1.37. The van der Waals surface area contributed by atoms with Crippen molar-refractivity contribution >= 4 is 18.3 Å². The number of rotatable bonds is 5. The van der Waals surface area contributed by atoms with Crippen LogP contribution in [0, 0.1) is 11.6 Å². The second-order valence-electron chi connectivity index (χ2n) is 4.88. The summed E-state index contributed by atoms with van der Waals surface area (Å²) < 4.78 is 25.9. The number of nitrogens with one attached hydrogen (secondary N) is 2. The van der Waals surface area contributed by atoms with Gasteiger partial charge < -0.3 is 10.6 Å². The minimum Gasteiger partial charge on any atom is -0.356 e. The van der Waals surface area contributed by atoms with Crippen LogP contribution in [0.5, 0.6) is 0 Å². The summed E-state index contributed by atoms with van der Waals surface area (Å²) in [5, 5.41) is 6.02. The minimum absolute atomic E-state index is 0. The number of hydrogen-bond acceptors (Lipinski definition) is 2. The van der Waals surface area contributed by atoms with Crippen LogP contribution in [-0.4, -0.2) is 25.0 Å². The molecule has 1 heterocycles. The third-order valence-electron chi connectivity index (χ3n) is 3.25. The number of hydrogen-bond donors (Lipinski definition) is 2. The molecule has 0 aliphatic carbocycles. The Morgan fingerprint density at radius 1 is 1.30 bits per heavy atom. The van der Waals surface area contributed by atoms with E-state index in [0.717, 1.165) is 25.5 Å². The van der Waals surface area contributed by atoms with E-state index in [-0.39, 0.29) is 24.4 Å². The average molecular weight is 305 g/mol. The van der Waals surface area contributed by atoms with Crippen LogP contribution in [0.1, 0.15) is 24.8 Å². The van der Waals surface area contributed by atoms with E-state index in [0.29, 0.717) is 24.9 Å². The highest BCUT2D eigenvalue weighted by molar-refractivity contribution is 5.85. The lowest BCUT2D eigenvalue weighted by atomic mass is 10.1. The van der Waals surface area contributed by atoms with Crippen molar-refractivity contribution in [2.24, 2.45) is 0 Å². The fraction of sp³-hybridized carbons (Fsp3) is 0.500. The van der Waals surface area contributed by atoms with E-state index < -0.39 is 11.6 Å². The Hall–Kier alpha value is -1.20. The minimum atomic E-state index is -0.587. The second-order valence-corrected chi connectivity index (χ2v) is 4.88. The normalized spacial score (nSPS) is 17.6. The quantitative estimate of drug-likeness (QED) is 0.875. The van der Waals surface area contributed by atoms with Crippen LogP contribution in [0.2, 0.25) is 0 Å². The van der Waals surface area contributed by atoms with Gasteiger partial charge in [-0.25, -0.2) is 8.78 Å². The molecule has 20 heavy (non-hydrogen) atoms. The maximum atomic E-state index is 12.9. The number of halogens is 3. The van der Waals surface area contributed by atoms with Crippen molar-refractivity contribution in [3.8, 4) is 0 Å². The van der Waals surface area contributed by atoms with Crippen LogP contribution >= 0.6 is 12.4 Å². The molecular weight excluding hydrogens is 286 g/mol. The van der Waals surface area contributed by atoms with Gasteiger partial charge in [-0.3, -0.25) is 4.79 Å². The summed E-state index contributed by atoms with van der Waals surface area (Å²) in [6, 6.07) is 3.68. The largest absolute Gasteiger partial charge is 0.356 e. The standard InChI is InChI=1S/C14H18F2N2O.ClH/c15-11-6-10(7-12(16)8-11)3-5-18-14(19)9-13-2-1-4-17-13;/h6-8,13,17H,1-5,9H2,(H,18,19);1H. The van der Waals surface area contributed by atoms with Crippen LogP contribution in [0.4, 0.5) is 8.78 Å². The Morgan fingerprint density at radius 2 is 2.00 bits per heavy atom. The smallest absolute Gasteiger partial charge is 0.221 e. The second kappa shape index (κ2) is 8.17. The first kappa shape index (κ1) is 16.9. The molecule has 0 aromatic heterocycles. The molecule has 0 bridgehead atoms. The molecule has 1 aliphatic rings. The van der Waals surface area contributed by atoms with E-state index in [1.165, 1.54) is 12.1 Å².